The van der Waals surface area contributed by atoms with Crippen molar-refractivity contribution in [2.24, 2.45) is 0 Å². The van der Waals surface area contributed by atoms with Crippen molar-refractivity contribution in [1.29, 1.82) is 0 Å². The molecule has 2 aromatic rings. The van der Waals surface area contributed by atoms with Gasteiger partial charge in [-0.05, 0) is 40.9 Å². The lowest BCUT2D eigenvalue weighted by Crippen LogP contribution is -2.13. The van der Waals surface area contributed by atoms with Crippen LogP contribution in [0.1, 0.15) is 37.3 Å². The van der Waals surface area contributed by atoms with Crippen LogP contribution in [0.15, 0.2) is 28.9 Å². The van der Waals surface area contributed by atoms with Crippen LogP contribution in [0.5, 0.6) is 0 Å². The van der Waals surface area contributed by atoms with Crippen molar-refractivity contribution in [1.82, 2.24) is 15.0 Å². The zero-order valence-electron chi connectivity index (χ0n) is 10.7. The van der Waals surface area contributed by atoms with E-state index in [-0.39, 0.29) is 17.5 Å². The second-order valence-electron chi connectivity index (χ2n) is 4.99. The molecule has 1 unspecified atom stereocenters. The standard InChI is InChI=1S/C14H13BrFN3O/c15-11-5-2-6-12(16)14(11)19-8-13(17-18-19)9-3-1-4-10(20)7-9/h2,5-6,8-9H,1,3-4,7H2. The molecule has 0 aliphatic heterocycles. The molecule has 1 aromatic carbocycles. The number of benzene rings is 1. The van der Waals surface area contributed by atoms with Crippen molar-refractivity contribution in [2.75, 3.05) is 0 Å². The third-order valence-electron chi connectivity index (χ3n) is 3.58. The minimum absolute atomic E-state index is 0.107. The van der Waals surface area contributed by atoms with Gasteiger partial charge in [-0.3, -0.25) is 4.79 Å². The van der Waals surface area contributed by atoms with Gasteiger partial charge in [0.1, 0.15) is 17.3 Å². The third-order valence-corrected chi connectivity index (χ3v) is 4.22. The van der Waals surface area contributed by atoms with Gasteiger partial charge in [0.25, 0.3) is 0 Å². The minimum Gasteiger partial charge on any atom is -0.300 e. The Morgan fingerprint density at radius 2 is 2.25 bits per heavy atom. The van der Waals surface area contributed by atoms with E-state index in [1.54, 1.807) is 18.3 Å². The molecule has 104 valence electrons. The molecule has 3 rings (SSSR count). The molecule has 1 fully saturated rings. The number of rotatable bonds is 2. The van der Waals surface area contributed by atoms with E-state index in [1.807, 2.05) is 0 Å². The van der Waals surface area contributed by atoms with Crippen molar-refractivity contribution in [3.05, 3.63) is 40.4 Å². The molecule has 1 aromatic heterocycles. The first-order chi connectivity index (χ1) is 9.65. The molecule has 0 N–H and O–H groups in total. The highest BCUT2D eigenvalue weighted by Gasteiger charge is 2.24. The van der Waals surface area contributed by atoms with Gasteiger partial charge in [0.15, 0.2) is 0 Å². The molecule has 0 amide bonds. The van der Waals surface area contributed by atoms with E-state index in [1.165, 1.54) is 10.7 Å². The Kier molecular flexibility index (Phi) is 3.65. The Morgan fingerprint density at radius 3 is 3.00 bits per heavy atom. The summed E-state index contributed by atoms with van der Waals surface area (Å²) >= 11 is 3.32. The largest absolute Gasteiger partial charge is 0.300 e. The summed E-state index contributed by atoms with van der Waals surface area (Å²) in [6.07, 6.45) is 4.70. The number of aromatic nitrogens is 3. The Morgan fingerprint density at radius 1 is 1.40 bits per heavy atom. The molecular weight excluding hydrogens is 325 g/mol. The van der Waals surface area contributed by atoms with Gasteiger partial charge in [-0.1, -0.05) is 11.3 Å². The molecule has 6 heteroatoms. The Bertz CT molecular complexity index is 635. The van der Waals surface area contributed by atoms with E-state index in [9.17, 15) is 9.18 Å². The van der Waals surface area contributed by atoms with E-state index in [4.69, 9.17) is 0 Å². The van der Waals surface area contributed by atoms with Crippen LogP contribution in [0.2, 0.25) is 0 Å². The van der Waals surface area contributed by atoms with E-state index < -0.39 is 0 Å². The number of hydrogen-bond donors (Lipinski definition) is 0. The molecule has 0 spiro atoms. The quantitative estimate of drug-likeness (QED) is 0.843. The first-order valence-corrected chi connectivity index (χ1v) is 7.33. The number of hydrogen-bond acceptors (Lipinski definition) is 3. The van der Waals surface area contributed by atoms with Gasteiger partial charge in [-0.25, -0.2) is 9.07 Å². The Labute approximate surface area is 124 Å². The smallest absolute Gasteiger partial charge is 0.150 e. The molecule has 1 atom stereocenters. The van der Waals surface area contributed by atoms with Crippen molar-refractivity contribution in [3.63, 3.8) is 0 Å². The predicted molar refractivity (Wildman–Crippen MR) is 75.2 cm³/mol. The van der Waals surface area contributed by atoms with Crippen LogP contribution in [-0.2, 0) is 4.79 Å². The number of nitrogens with zero attached hydrogens (tertiary/aromatic N) is 3. The normalized spacial score (nSPS) is 19.3. The van der Waals surface area contributed by atoms with Crippen molar-refractivity contribution >= 4 is 21.7 Å². The maximum atomic E-state index is 13.9. The molecule has 0 radical (unpaired) electrons. The monoisotopic (exact) mass is 337 g/mol. The summed E-state index contributed by atoms with van der Waals surface area (Å²) in [5.74, 6) is 0.00830. The molecule has 4 nitrogen and oxygen atoms in total. The Balaban J connectivity index is 1.92. The summed E-state index contributed by atoms with van der Waals surface area (Å²) in [6, 6.07) is 4.76. The summed E-state index contributed by atoms with van der Waals surface area (Å²) in [4.78, 5) is 11.5. The summed E-state index contributed by atoms with van der Waals surface area (Å²) in [5, 5.41) is 8.10. The van der Waals surface area contributed by atoms with Gasteiger partial charge >= 0.3 is 0 Å². The fourth-order valence-corrected chi connectivity index (χ4v) is 3.08. The van der Waals surface area contributed by atoms with Crippen molar-refractivity contribution in [2.45, 2.75) is 31.6 Å². The van der Waals surface area contributed by atoms with Crippen LogP contribution in [0.4, 0.5) is 4.39 Å². The maximum Gasteiger partial charge on any atom is 0.150 e. The maximum absolute atomic E-state index is 13.9. The minimum atomic E-state index is -0.365. The molecule has 1 saturated carbocycles. The van der Waals surface area contributed by atoms with E-state index >= 15 is 0 Å². The van der Waals surface area contributed by atoms with Crippen molar-refractivity contribution < 1.29 is 9.18 Å². The zero-order valence-corrected chi connectivity index (χ0v) is 12.3. The van der Waals surface area contributed by atoms with Gasteiger partial charge in [0, 0.05) is 23.2 Å². The van der Waals surface area contributed by atoms with Crippen molar-refractivity contribution in [3.8, 4) is 5.69 Å². The molecule has 1 heterocycles. The second-order valence-corrected chi connectivity index (χ2v) is 5.84. The van der Waals surface area contributed by atoms with Gasteiger partial charge in [0.05, 0.1) is 11.9 Å². The number of halogens is 2. The van der Waals surface area contributed by atoms with E-state index in [2.05, 4.69) is 26.2 Å². The lowest BCUT2D eigenvalue weighted by molar-refractivity contribution is -0.120. The zero-order chi connectivity index (χ0) is 14.1. The van der Waals surface area contributed by atoms with E-state index in [0.717, 1.165) is 18.5 Å². The Hall–Kier alpha value is -1.56. The summed E-state index contributed by atoms with van der Waals surface area (Å²) in [6.45, 7) is 0. The third kappa shape index (κ3) is 2.52. The average molecular weight is 338 g/mol. The highest BCUT2D eigenvalue weighted by Crippen LogP contribution is 2.30. The molecule has 1 aliphatic rings. The number of carbonyl (C=O) groups is 1. The van der Waals surface area contributed by atoms with E-state index in [0.29, 0.717) is 23.0 Å². The van der Waals surface area contributed by atoms with Crippen LogP contribution in [0.3, 0.4) is 0 Å². The lowest BCUT2D eigenvalue weighted by atomic mass is 9.86. The number of para-hydroxylation sites is 1. The molecule has 1 aliphatic carbocycles. The molecular formula is C14H13BrFN3O. The van der Waals surface area contributed by atoms with Gasteiger partial charge in [-0.2, -0.15) is 0 Å². The summed E-state index contributed by atoms with van der Waals surface area (Å²) in [7, 11) is 0. The molecule has 0 saturated heterocycles. The fourth-order valence-electron chi connectivity index (χ4n) is 2.56. The molecule has 20 heavy (non-hydrogen) atoms. The number of carbonyl (C=O) groups excluding carboxylic acids is 1. The van der Waals surface area contributed by atoms with Crippen LogP contribution < -0.4 is 0 Å². The summed E-state index contributed by atoms with van der Waals surface area (Å²) < 4.78 is 15.9. The topological polar surface area (TPSA) is 47.8 Å². The first-order valence-electron chi connectivity index (χ1n) is 6.53. The SMILES string of the molecule is O=C1CCCC(c2cn(-c3c(F)cccc3Br)nn2)C1. The van der Waals surface area contributed by atoms with Crippen LogP contribution in [0, 0.1) is 5.82 Å². The number of Topliss-reactive ketones (excluding diaryl/α,β-unsaturated/α-hetero) is 1. The average Bonchev–Trinajstić information content (AvgIpc) is 2.88. The highest BCUT2D eigenvalue weighted by molar-refractivity contribution is 9.10. The van der Waals surface area contributed by atoms with Crippen LogP contribution >= 0.6 is 15.9 Å². The molecule has 0 bridgehead atoms. The van der Waals surface area contributed by atoms with Gasteiger partial charge < -0.3 is 0 Å². The second kappa shape index (κ2) is 5.44. The lowest BCUT2D eigenvalue weighted by Gasteiger charge is -2.17. The first kappa shape index (κ1) is 13.4. The summed E-state index contributed by atoms with van der Waals surface area (Å²) in [5.41, 5.74) is 1.10. The van der Waals surface area contributed by atoms with Gasteiger partial charge in [0.2, 0.25) is 0 Å². The van der Waals surface area contributed by atoms with Gasteiger partial charge in [-0.15, -0.1) is 5.10 Å². The highest BCUT2D eigenvalue weighted by atomic mass is 79.9. The fraction of sp³-hybridized carbons (Fsp3) is 0.357. The van der Waals surface area contributed by atoms with Crippen LogP contribution in [0.25, 0.3) is 5.69 Å². The predicted octanol–water partition coefficient (Wildman–Crippen LogP) is 3.40. The van der Waals surface area contributed by atoms with Crippen LogP contribution in [-0.4, -0.2) is 20.8 Å². The number of ketones is 1.